The van der Waals surface area contributed by atoms with Gasteiger partial charge in [0, 0.05) is 19.1 Å². The molecule has 0 aromatic heterocycles. The highest BCUT2D eigenvalue weighted by molar-refractivity contribution is 7.89. The van der Waals surface area contributed by atoms with Crippen molar-refractivity contribution in [1.82, 2.24) is 9.62 Å². The maximum absolute atomic E-state index is 11.9. The minimum atomic E-state index is -3.43. The summed E-state index contributed by atoms with van der Waals surface area (Å²) in [5.74, 6) is 0. The Morgan fingerprint density at radius 2 is 1.95 bits per heavy atom. The van der Waals surface area contributed by atoms with Crippen LogP contribution in [0.1, 0.15) is 20.3 Å². The van der Waals surface area contributed by atoms with Crippen molar-refractivity contribution < 1.29 is 8.42 Å². The van der Waals surface area contributed by atoms with Crippen molar-refractivity contribution in [3.05, 3.63) is 24.3 Å². The Bertz CT molecular complexity index is 517. The Kier molecular flexibility index (Phi) is 6.45. The first-order valence-corrected chi connectivity index (χ1v) is 8.37. The van der Waals surface area contributed by atoms with E-state index in [1.807, 2.05) is 6.07 Å². The van der Waals surface area contributed by atoms with Gasteiger partial charge in [0.25, 0.3) is 0 Å². The van der Waals surface area contributed by atoms with E-state index in [1.54, 1.807) is 18.2 Å². The molecular weight excluding hydrogens is 274 g/mol. The molecule has 114 valence electrons. The molecule has 2 N–H and O–H groups in total. The number of rotatable bonds is 8. The molecule has 0 bridgehead atoms. The molecule has 1 aromatic rings. The lowest BCUT2D eigenvalue weighted by molar-refractivity contribution is 0.261. The van der Waals surface area contributed by atoms with Gasteiger partial charge in [-0.1, -0.05) is 19.1 Å². The second-order valence-corrected chi connectivity index (χ2v) is 6.72. The quantitative estimate of drug-likeness (QED) is 0.767. The highest BCUT2D eigenvalue weighted by Crippen LogP contribution is 2.19. The SMILES string of the molecule is CCC(C)N(C)CCNc1ccccc1S(=O)(=O)NC. The molecule has 0 spiro atoms. The van der Waals surface area contributed by atoms with E-state index in [4.69, 9.17) is 0 Å². The average molecular weight is 299 g/mol. The number of para-hydroxylation sites is 1. The zero-order chi connectivity index (χ0) is 15.2. The highest BCUT2D eigenvalue weighted by atomic mass is 32.2. The number of nitrogens with zero attached hydrogens (tertiary/aromatic N) is 1. The summed E-state index contributed by atoms with van der Waals surface area (Å²) < 4.78 is 26.2. The molecule has 0 saturated heterocycles. The molecule has 0 saturated carbocycles. The molecule has 0 heterocycles. The van der Waals surface area contributed by atoms with E-state index in [-0.39, 0.29) is 4.90 Å². The van der Waals surface area contributed by atoms with Gasteiger partial charge in [0.2, 0.25) is 10.0 Å². The zero-order valence-electron chi connectivity index (χ0n) is 12.7. The van der Waals surface area contributed by atoms with Crippen LogP contribution in [0, 0.1) is 0 Å². The Balaban J connectivity index is 2.70. The molecule has 6 heteroatoms. The summed E-state index contributed by atoms with van der Waals surface area (Å²) in [7, 11) is 0.0683. The van der Waals surface area contributed by atoms with E-state index in [9.17, 15) is 8.42 Å². The number of sulfonamides is 1. The van der Waals surface area contributed by atoms with Gasteiger partial charge < -0.3 is 10.2 Å². The van der Waals surface area contributed by atoms with Gasteiger partial charge in [0.05, 0.1) is 5.69 Å². The van der Waals surface area contributed by atoms with Gasteiger partial charge in [-0.3, -0.25) is 0 Å². The second kappa shape index (κ2) is 7.61. The van der Waals surface area contributed by atoms with E-state index < -0.39 is 10.0 Å². The number of likely N-dealkylation sites (N-methyl/N-ethyl adjacent to an activating group) is 1. The van der Waals surface area contributed by atoms with Gasteiger partial charge >= 0.3 is 0 Å². The first kappa shape index (κ1) is 16.9. The topological polar surface area (TPSA) is 61.4 Å². The Morgan fingerprint density at radius 1 is 1.30 bits per heavy atom. The molecule has 1 unspecified atom stereocenters. The molecule has 0 amide bonds. The van der Waals surface area contributed by atoms with Crippen LogP contribution in [-0.2, 0) is 10.0 Å². The summed E-state index contributed by atoms with van der Waals surface area (Å²) in [4.78, 5) is 2.54. The molecule has 5 nitrogen and oxygen atoms in total. The number of hydrogen-bond acceptors (Lipinski definition) is 4. The third-order valence-corrected chi connectivity index (χ3v) is 5.04. The molecular formula is C14H25N3O2S. The van der Waals surface area contributed by atoms with Crippen LogP contribution in [-0.4, -0.2) is 46.5 Å². The number of hydrogen-bond donors (Lipinski definition) is 2. The van der Waals surface area contributed by atoms with Crippen molar-refractivity contribution in [3.8, 4) is 0 Å². The maximum atomic E-state index is 11.9. The van der Waals surface area contributed by atoms with Crippen molar-refractivity contribution in [3.63, 3.8) is 0 Å². The summed E-state index contributed by atoms with van der Waals surface area (Å²) in [5, 5.41) is 3.20. The fourth-order valence-electron chi connectivity index (χ4n) is 1.86. The molecule has 0 aliphatic rings. The van der Waals surface area contributed by atoms with E-state index in [0.29, 0.717) is 18.3 Å². The van der Waals surface area contributed by atoms with E-state index >= 15 is 0 Å². The smallest absolute Gasteiger partial charge is 0.242 e. The maximum Gasteiger partial charge on any atom is 0.242 e. The van der Waals surface area contributed by atoms with Crippen LogP contribution in [0.25, 0.3) is 0 Å². The molecule has 0 aliphatic carbocycles. The fourth-order valence-corrected chi connectivity index (χ4v) is 2.76. The van der Waals surface area contributed by atoms with Gasteiger partial charge in [-0.2, -0.15) is 0 Å². The minimum Gasteiger partial charge on any atom is -0.383 e. The first-order valence-electron chi connectivity index (χ1n) is 6.89. The number of nitrogens with one attached hydrogen (secondary N) is 2. The molecule has 1 aromatic carbocycles. The lowest BCUT2D eigenvalue weighted by Gasteiger charge is -2.24. The van der Waals surface area contributed by atoms with Gasteiger partial charge in [-0.15, -0.1) is 0 Å². The van der Waals surface area contributed by atoms with Gasteiger partial charge in [0.1, 0.15) is 4.90 Å². The van der Waals surface area contributed by atoms with Crippen LogP contribution < -0.4 is 10.0 Å². The Labute approximate surface area is 122 Å². The first-order chi connectivity index (χ1) is 9.42. The molecule has 0 radical (unpaired) electrons. The zero-order valence-corrected chi connectivity index (χ0v) is 13.5. The molecule has 20 heavy (non-hydrogen) atoms. The Hall–Kier alpha value is -1.11. The molecule has 0 aliphatic heterocycles. The van der Waals surface area contributed by atoms with Crippen molar-refractivity contribution in [2.45, 2.75) is 31.2 Å². The van der Waals surface area contributed by atoms with E-state index in [1.165, 1.54) is 7.05 Å². The van der Waals surface area contributed by atoms with Crippen LogP contribution in [0.3, 0.4) is 0 Å². The van der Waals surface area contributed by atoms with Crippen molar-refractivity contribution in [1.29, 1.82) is 0 Å². The summed E-state index contributed by atoms with van der Waals surface area (Å²) in [6.45, 7) is 5.91. The summed E-state index contributed by atoms with van der Waals surface area (Å²) in [6, 6.07) is 7.46. The predicted octanol–water partition coefficient (Wildman–Crippen LogP) is 1.74. The highest BCUT2D eigenvalue weighted by Gasteiger charge is 2.15. The van der Waals surface area contributed by atoms with E-state index in [2.05, 4.69) is 35.8 Å². The normalized spacial score (nSPS) is 13.4. The largest absolute Gasteiger partial charge is 0.383 e. The van der Waals surface area contributed by atoms with Crippen LogP contribution in [0.4, 0.5) is 5.69 Å². The van der Waals surface area contributed by atoms with Crippen molar-refractivity contribution >= 4 is 15.7 Å². The van der Waals surface area contributed by atoms with E-state index in [0.717, 1.165) is 13.0 Å². The lowest BCUT2D eigenvalue weighted by Crippen LogP contribution is -2.33. The number of benzene rings is 1. The van der Waals surface area contributed by atoms with Crippen molar-refractivity contribution in [2.24, 2.45) is 0 Å². The van der Waals surface area contributed by atoms with Crippen molar-refractivity contribution in [2.75, 3.05) is 32.5 Å². The van der Waals surface area contributed by atoms with Crippen LogP contribution >= 0.6 is 0 Å². The lowest BCUT2D eigenvalue weighted by atomic mass is 10.2. The average Bonchev–Trinajstić information content (AvgIpc) is 2.46. The number of anilines is 1. The predicted molar refractivity (Wildman–Crippen MR) is 83.6 cm³/mol. The molecule has 1 atom stereocenters. The summed E-state index contributed by atoms with van der Waals surface area (Å²) >= 11 is 0. The minimum absolute atomic E-state index is 0.286. The van der Waals surface area contributed by atoms with Crippen LogP contribution in [0.5, 0.6) is 0 Å². The third kappa shape index (κ3) is 4.47. The monoisotopic (exact) mass is 299 g/mol. The molecule has 1 rings (SSSR count). The fraction of sp³-hybridized carbons (Fsp3) is 0.571. The van der Waals surface area contributed by atoms with Gasteiger partial charge in [-0.25, -0.2) is 13.1 Å². The van der Waals surface area contributed by atoms with Gasteiger partial charge in [-0.05, 0) is 39.6 Å². The van der Waals surface area contributed by atoms with Crippen LogP contribution in [0.15, 0.2) is 29.2 Å². The third-order valence-electron chi connectivity index (χ3n) is 3.57. The summed E-state index contributed by atoms with van der Waals surface area (Å²) in [5.41, 5.74) is 0.638. The standard InChI is InChI=1S/C14H25N3O2S/c1-5-12(2)17(4)11-10-16-13-8-6-7-9-14(13)20(18,19)15-3/h6-9,12,15-16H,5,10-11H2,1-4H3. The van der Waals surface area contributed by atoms with Crippen LogP contribution in [0.2, 0.25) is 0 Å². The second-order valence-electron chi connectivity index (χ2n) is 4.87. The Morgan fingerprint density at radius 3 is 2.55 bits per heavy atom. The van der Waals surface area contributed by atoms with Gasteiger partial charge in [0.15, 0.2) is 0 Å². The summed E-state index contributed by atoms with van der Waals surface area (Å²) in [6.07, 6.45) is 1.10. The molecule has 0 fully saturated rings.